The van der Waals surface area contributed by atoms with Gasteiger partial charge in [-0.15, -0.1) is 0 Å². The molecule has 30 heavy (non-hydrogen) atoms. The Morgan fingerprint density at radius 1 is 1.37 bits per heavy atom. The van der Waals surface area contributed by atoms with E-state index in [4.69, 9.17) is 19.4 Å². The van der Waals surface area contributed by atoms with Crippen molar-refractivity contribution in [1.29, 1.82) is 0 Å². The monoisotopic (exact) mass is 452 g/mol. The van der Waals surface area contributed by atoms with Crippen molar-refractivity contribution in [3.8, 4) is 0 Å². The zero-order chi connectivity index (χ0) is 22.1. The Morgan fingerprint density at radius 2 is 2.10 bits per heavy atom. The Hall–Kier alpha value is -1.69. The van der Waals surface area contributed by atoms with Gasteiger partial charge in [0.25, 0.3) is 0 Å². The summed E-state index contributed by atoms with van der Waals surface area (Å²) in [6, 6.07) is 2.20. The van der Waals surface area contributed by atoms with Crippen LogP contribution in [0.4, 0.5) is 13.2 Å². The molecule has 2 saturated heterocycles. The molecule has 170 valence electrons. The number of aliphatic carboxylic acids is 1. The van der Waals surface area contributed by atoms with Crippen LogP contribution in [0.25, 0.3) is 0 Å². The molecular formula is C19H27F3N2O5S. The number of hydrogen-bond acceptors (Lipinski definition) is 6. The van der Waals surface area contributed by atoms with Gasteiger partial charge in [0.05, 0.1) is 19.8 Å². The molecule has 2 fully saturated rings. The number of carboxylic acids is 1. The quantitative estimate of drug-likeness (QED) is 0.617. The number of hydrogen-bond donors (Lipinski definition) is 2. The maximum atomic E-state index is 12.1. The number of nitrogens with zero attached hydrogens (tertiary/aromatic N) is 1. The van der Waals surface area contributed by atoms with Crippen molar-refractivity contribution in [3.63, 3.8) is 0 Å². The lowest BCUT2D eigenvalue weighted by Crippen LogP contribution is -2.38. The summed E-state index contributed by atoms with van der Waals surface area (Å²) in [6.45, 7) is 5.89. The van der Waals surface area contributed by atoms with Crippen molar-refractivity contribution >= 4 is 23.2 Å². The first-order valence-corrected chi connectivity index (χ1v) is 10.5. The van der Waals surface area contributed by atoms with Crippen LogP contribution in [-0.2, 0) is 25.6 Å². The third kappa shape index (κ3) is 7.86. The lowest BCUT2D eigenvalue weighted by Gasteiger charge is -2.32. The van der Waals surface area contributed by atoms with Gasteiger partial charge in [-0.1, -0.05) is 0 Å². The van der Waals surface area contributed by atoms with E-state index in [-0.39, 0.29) is 5.91 Å². The number of halogens is 3. The number of carbonyl (C=O) groups is 2. The van der Waals surface area contributed by atoms with Gasteiger partial charge >= 0.3 is 12.1 Å². The first-order chi connectivity index (χ1) is 14.2. The van der Waals surface area contributed by atoms with Gasteiger partial charge in [0.2, 0.25) is 5.91 Å². The summed E-state index contributed by atoms with van der Waals surface area (Å²) < 4.78 is 42.5. The number of nitrogens with one attached hydrogen (secondary N) is 1. The highest BCUT2D eigenvalue weighted by molar-refractivity contribution is 7.07. The summed E-state index contributed by atoms with van der Waals surface area (Å²) in [7, 11) is 1.65. The topological polar surface area (TPSA) is 88.1 Å². The summed E-state index contributed by atoms with van der Waals surface area (Å²) in [5.74, 6) is -1.15. The number of rotatable bonds is 7. The number of alkyl halides is 3. The van der Waals surface area contributed by atoms with Crippen LogP contribution in [-0.4, -0.2) is 74.6 Å². The predicted molar refractivity (Wildman–Crippen MR) is 104 cm³/mol. The number of carboxylic acid groups (broad SMARTS) is 1. The van der Waals surface area contributed by atoms with Gasteiger partial charge < -0.3 is 19.9 Å². The molecule has 0 spiro atoms. The van der Waals surface area contributed by atoms with Crippen molar-refractivity contribution < 1.29 is 37.3 Å². The lowest BCUT2D eigenvalue weighted by atomic mass is 9.81. The van der Waals surface area contributed by atoms with Crippen molar-refractivity contribution in [2.24, 2.45) is 17.8 Å². The van der Waals surface area contributed by atoms with E-state index in [1.807, 2.05) is 0 Å². The molecule has 0 bridgehead atoms. The molecular weight excluding hydrogens is 425 g/mol. The number of carbonyl (C=O) groups excluding carboxylic acids is 1. The van der Waals surface area contributed by atoms with E-state index < -0.39 is 12.1 Å². The zero-order valence-corrected chi connectivity index (χ0v) is 17.5. The second-order valence-corrected chi connectivity index (χ2v) is 8.18. The molecule has 0 saturated carbocycles. The molecule has 1 aromatic rings. The number of methoxy groups -OCH3 is 1. The van der Waals surface area contributed by atoms with Gasteiger partial charge in [-0.05, 0) is 40.1 Å². The zero-order valence-electron chi connectivity index (χ0n) is 16.7. The largest absolute Gasteiger partial charge is 0.490 e. The van der Waals surface area contributed by atoms with Crippen LogP contribution in [0.3, 0.4) is 0 Å². The van der Waals surface area contributed by atoms with Crippen LogP contribution in [0.5, 0.6) is 0 Å². The number of thiophene rings is 1. The summed E-state index contributed by atoms with van der Waals surface area (Å²) in [5.41, 5.74) is 1.39. The van der Waals surface area contributed by atoms with Crippen LogP contribution >= 0.6 is 11.3 Å². The van der Waals surface area contributed by atoms with Gasteiger partial charge in [-0.25, -0.2) is 4.79 Å². The minimum atomic E-state index is -5.08. The molecule has 1 amide bonds. The second kappa shape index (κ2) is 11.6. The number of likely N-dealkylation sites (tertiary alicyclic amines) is 1. The first kappa shape index (κ1) is 24.6. The first-order valence-electron chi connectivity index (χ1n) is 9.57. The maximum Gasteiger partial charge on any atom is 0.490 e. The van der Waals surface area contributed by atoms with E-state index >= 15 is 0 Å². The molecule has 0 radical (unpaired) electrons. The molecule has 1 aromatic heterocycles. The van der Waals surface area contributed by atoms with Gasteiger partial charge in [0.15, 0.2) is 0 Å². The van der Waals surface area contributed by atoms with E-state index in [2.05, 4.69) is 27.0 Å². The highest BCUT2D eigenvalue weighted by Gasteiger charge is 2.41. The van der Waals surface area contributed by atoms with Crippen molar-refractivity contribution in [3.05, 3.63) is 22.4 Å². The highest BCUT2D eigenvalue weighted by Crippen LogP contribution is 2.36. The fourth-order valence-electron chi connectivity index (χ4n) is 3.78. The summed E-state index contributed by atoms with van der Waals surface area (Å²) in [4.78, 5) is 23.5. The molecule has 2 aliphatic heterocycles. The fourth-order valence-corrected chi connectivity index (χ4v) is 4.44. The Morgan fingerprint density at radius 3 is 2.70 bits per heavy atom. The molecule has 11 heteroatoms. The molecule has 2 N–H and O–H groups in total. The third-order valence-corrected chi connectivity index (χ3v) is 5.87. The molecule has 3 heterocycles. The van der Waals surface area contributed by atoms with Crippen LogP contribution < -0.4 is 5.32 Å². The molecule has 3 rings (SSSR count). The van der Waals surface area contributed by atoms with E-state index in [9.17, 15) is 18.0 Å². The van der Waals surface area contributed by atoms with E-state index in [1.54, 1.807) is 18.4 Å². The minimum absolute atomic E-state index is 0.118. The number of amides is 1. The van der Waals surface area contributed by atoms with Crippen molar-refractivity contribution in [2.45, 2.75) is 19.1 Å². The van der Waals surface area contributed by atoms with Crippen LogP contribution in [0.2, 0.25) is 0 Å². The lowest BCUT2D eigenvalue weighted by molar-refractivity contribution is -0.192. The summed E-state index contributed by atoms with van der Waals surface area (Å²) in [5, 5.41) is 14.4. The normalized spacial score (nSPS) is 23.9. The summed E-state index contributed by atoms with van der Waals surface area (Å²) in [6.07, 6.45) is -4.52. The Labute approximate surface area is 177 Å². The molecule has 0 aromatic carbocycles. The molecule has 2 aliphatic rings. The van der Waals surface area contributed by atoms with E-state index in [1.165, 1.54) is 5.56 Å². The Kier molecular flexibility index (Phi) is 9.53. The van der Waals surface area contributed by atoms with Gasteiger partial charge in [0.1, 0.15) is 0 Å². The average molecular weight is 452 g/mol. The molecule has 0 unspecified atom stereocenters. The fraction of sp³-hybridized carbons (Fsp3) is 0.684. The van der Waals surface area contributed by atoms with E-state index in [0.29, 0.717) is 43.9 Å². The number of ether oxygens (including phenoxy) is 2. The highest BCUT2D eigenvalue weighted by atomic mass is 32.1. The Balaban J connectivity index is 0.000000396. The smallest absolute Gasteiger partial charge is 0.475 e. The average Bonchev–Trinajstić information content (AvgIpc) is 3.32. The molecule has 0 aliphatic carbocycles. The van der Waals surface area contributed by atoms with Crippen LogP contribution in [0.15, 0.2) is 16.8 Å². The SMILES string of the molecule is COCCNC(=O)C[C@@H]1COC[C@H]2CN(Cc3ccsc3)C[C@@H]12.O=C(O)C(F)(F)F. The summed E-state index contributed by atoms with van der Waals surface area (Å²) >= 11 is 1.75. The van der Waals surface area contributed by atoms with Gasteiger partial charge in [-0.3, -0.25) is 9.69 Å². The third-order valence-electron chi connectivity index (χ3n) is 5.14. The predicted octanol–water partition coefficient (Wildman–Crippen LogP) is 2.23. The Bertz CT molecular complexity index is 672. The second-order valence-electron chi connectivity index (χ2n) is 7.40. The van der Waals surface area contributed by atoms with Crippen molar-refractivity contribution in [2.75, 3.05) is 46.6 Å². The minimum Gasteiger partial charge on any atom is -0.475 e. The molecule has 7 nitrogen and oxygen atoms in total. The van der Waals surface area contributed by atoms with Crippen LogP contribution in [0, 0.1) is 17.8 Å². The van der Waals surface area contributed by atoms with Gasteiger partial charge in [0, 0.05) is 39.7 Å². The standard InChI is InChI=1S/C17H26N2O3S.C2HF3O2/c1-21-4-3-18-17(20)6-14-10-22-11-15-8-19(9-16(14)15)7-13-2-5-23-12-13;3-2(4,5)1(6)7/h2,5,12,14-16H,3-4,6-11H2,1H3,(H,18,20);(H,6,7)/t14-,15-,16+;/m1./s1. The van der Waals surface area contributed by atoms with Crippen LogP contribution in [0.1, 0.15) is 12.0 Å². The number of fused-ring (bicyclic) bond motifs is 1. The maximum absolute atomic E-state index is 12.1. The van der Waals surface area contributed by atoms with E-state index in [0.717, 1.165) is 26.2 Å². The van der Waals surface area contributed by atoms with Gasteiger partial charge in [-0.2, -0.15) is 24.5 Å². The molecule has 3 atom stereocenters. The van der Waals surface area contributed by atoms with Crippen molar-refractivity contribution in [1.82, 2.24) is 10.2 Å².